The second-order valence-corrected chi connectivity index (χ2v) is 11.2. The Morgan fingerprint density at radius 3 is 2.03 bits per heavy atom. The number of hydrogen-bond donors (Lipinski definition) is 4. The third-order valence-electron chi connectivity index (χ3n) is 5.90. The summed E-state index contributed by atoms with van der Waals surface area (Å²) in [4.78, 5) is 39.8. The van der Waals surface area contributed by atoms with Crippen LogP contribution in [0.25, 0.3) is 0 Å². The van der Waals surface area contributed by atoms with Crippen LogP contribution in [0.3, 0.4) is 0 Å². The summed E-state index contributed by atoms with van der Waals surface area (Å²) >= 11 is 5.92. The molecule has 1 amide bonds. The summed E-state index contributed by atoms with van der Waals surface area (Å²) in [6.07, 6.45) is 21.2. The Hall–Kier alpha value is -1.01. The van der Waals surface area contributed by atoms with Gasteiger partial charge in [-0.15, -0.1) is 0 Å². The van der Waals surface area contributed by atoms with E-state index in [-0.39, 0.29) is 12.5 Å². The Kier molecular flexibility index (Phi) is 18.4. The van der Waals surface area contributed by atoms with Gasteiger partial charge in [0.15, 0.2) is 0 Å². The van der Waals surface area contributed by atoms with Gasteiger partial charge >= 0.3 is 154 Å². The van der Waals surface area contributed by atoms with Crippen LogP contribution in [0.5, 0.6) is 0 Å². The van der Waals surface area contributed by atoms with E-state index >= 15 is 0 Å². The van der Waals surface area contributed by atoms with Gasteiger partial charge in [-0.25, -0.2) is 0 Å². The molecule has 1 aromatic rings. The van der Waals surface area contributed by atoms with E-state index in [1.807, 2.05) is 12.1 Å². The summed E-state index contributed by atoms with van der Waals surface area (Å²) in [5, 5.41) is 3.50. The molecule has 0 unspecified atom stereocenters. The van der Waals surface area contributed by atoms with Crippen molar-refractivity contribution in [2.24, 2.45) is 0 Å². The fraction of sp³-hybridized carbons (Fsp3) is 0.667. The average molecular weight is 532 g/mol. The van der Waals surface area contributed by atoms with Gasteiger partial charge in [-0.3, -0.25) is 0 Å². The van der Waals surface area contributed by atoms with E-state index in [2.05, 4.69) is 24.4 Å². The number of unbranched alkanes of at least 4 members (excludes halogenated alkanes) is 11. The number of benzene rings is 1. The minimum atomic E-state index is -4.64. The maximum absolute atomic E-state index is 12.4. The molecule has 0 aliphatic heterocycles. The van der Waals surface area contributed by atoms with Crippen LogP contribution in [-0.4, -0.2) is 33.2 Å². The zero-order valence-electron chi connectivity index (χ0n) is 21.4. The summed E-state index contributed by atoms with van der Waals surface area (Å²) in [6.45, 7) is 2.07. The number of rotatable bonds is 21. The summed E-state index contributed by atoms with van der Waals surface area (Å²) in [7, 11) is -4.64. The van der Waals surface area contributed by atoms with E-state index in [0.29, 0.717) is 17.9 Å². The van der Waals surface area contributed by atoms with Gasteiger partial charge in [-0.1, -0.05) is 51.2 Å². The van der Waals surface area contributed by atoms with Gasteiger partial charge in [-0.2, -0.15) is 0 Å². The van der Waals surface area contributed by atoms with Gasteiger partial charge in [0.05, 0.1) is 0 Å². The van der Waals surface area contributed by atoms with Crippen LogP contribution in [0.1, 0.15) is 102 Å². The van der Waals surface area contributed by atoms with E-state index in [1.165, 1.54) is 57.8 Å². The molecule has 0 radical (unpaired) electrons. The first kappa shape index (κ1) is 32.0. The summed E-state index contributed by atoms with van der Waals surface area (Å²) in [6, 6.07) is 6.71. The molecule has 0 aliphatic carbocycles. The van der Waals surface area contributed by atoms with E-state index in [0.717, 1.165) is 31.2 Å². The predicted octanol–water partition coefficient (Wildman–Crippen LogP) is 6.81. The topological polar surface area (TPSA) is 99.0 Å². The molecule has 1 atom stereocenters. The van der Waals surface area contributed by atoms with Crippen LogP contribution < -0.4 is 5.32 Å². The van der Waals surface area contributed by atoms with Crippen LogP contribution in [0, 0.1) is 0 Å². The Labute approximate surface area is 217 Å². The van der Waals surface area contributed by atoms with Crippen LogP contribution in [0.4, 0.5) is 0 Å². The molecule has 1 rings (SSSR count). The molecule has 1 aromatic carbocycles. The molecule has 35 heavy (non-hydrogen) atoms. The van der Waals surface area contributed by atoms with E-state index in [1.54, 1.807) is 12.1 Å². The number of carbonyl (C=O) groups is 1. The monoisotopic (exact) mass is 531 g/mol. The molecule has 4 N–H and O–H groups in total. The van der Waals surface area contributed by atoms with Crippen molar-refractivity contribution in [2.75, 3.05) is 6.61 Å². The third-order valence-corrected chi connectivity index (χ3v) is 6.71. The quantitative estimate of drug-likeness (QED) is 0.0793. The average Bonchev–Trinajstić information content (AvgIpc) is 2.81. The SMILES string of the molecule is CCCCCCCC/C=C\CCCCCCCC(=O)N[C@@H](CO[PH](O)(O)O)Cc1ccc(Cl)cc1. The number of halogens is 1. The molecule has 0 fully saturated rings. The van der Waals surface area contributed by atoms with Crippen molar-refractivity contribution in [1.82, 2.24) is 5.32 Å². The third kappa shape index (κ3) is 19.8. The Balaban J connectivity index is 2.15. The normalized spacial score (nSPS) is 13.3. The maximum atomic E-state index is 12.4. The fourth-order valence-corrected chi connectivity index (χ4v) is 4.48. The second kappa shape index (κ2) is 20.1. The van der Waals surface area contributed by atoms with Crippen molar-refractivity contribution in [1.29, 1.82) is 0 Å². The van der Waals surface area contributed by atoms with Gasteiger partial charge in [0.1, 0.15) is 0 Å². The van der Waals surface area contributed by atoms with Crippen molar-refractivity contribution in [3.05, 3.63) is 47.0 Å². The molecule has 8 heteroatoms. The van der Waals surface area contributed by atoms with E-state index < -0.39 is 14.2 Å². The van der Waals surface area contributed by atoms with Crippen LogP contribution in [-0.2, 0) is 15.7 Å². The fourth-order valence-electron chi connectivity index (χ4n) is 3.93. The number of carbonyl (C=O) groups excluding carboxylic acids is 1. The number of hydrogen-bond acceptors (Lipinski definition) is 5. The van der Waals surface area contributed by atoms with Gasteiger partial charge in [0.25, 0.3) is 0 Å². The first-order valence-corrected chi connectivity index (χ1v) is 15.4. The molecule has 0 aliphatic rings. The van der Waals surface area contributed by atoms with Crippen molar-refractivity contribution < 1.29 is 24.0 Å². The van der Waals surface area contributed by atoms with Crippen molar-refractivity contribution >= 4 is 25.7 Å². The minimum absolute atomic E-state index is 0.105. The van der Waals surface area contributed by atoms with Crippen molar-refractivity contribution in [3.8, 4) is 0 Å². The molecule has 0 saturated carbocycles. The second-order valence-electron chi connectivity index (χ2n) is 9.31. The van der Waals surface area contributed by atoms with Crippen LogP contribution in [0.15, 0.2) is 36.4 Å². The molecular formula is C27H47ClNO5P. The molecule has 0 spiro atoms. The Bertz CT molecular complexity index is 694. The molecule has 0 aromatic heterocycles. The van der Waals surface area contributed by atoms with Gasteiger partial charge in [-0.05, 0) is 12.8 Å². The molecule has 0 saturated heterocycles. The first-order chi connectivity index (χ1) is 16.8. The van der Waals surface area contributed by atoms with Crippen LogP contribution in [0.2, 0.25) is 5.02 Å². The number of nitrogens with one attached hydrogen (secondary N) is 1. The molecular weight excluding hydrogens is 485 g/mol. The van der Waals surface area contributed by atoms with E-state index in [9.17, 15) is 4.79 Å². The van der Waals surface area contributed by atoms with Crippen LogP contribution >= 0.6 is 19.8 Å². The van der Waals surface area contributed by atoms with Crippen molar-refractivity contribution in [3.63, 3.8) is 0 Å². The predicted molar refractivity (Wildman–Crippen MR) is 147 cm³/mol. The Morgan fingerprint density at radius 2 is 1.46 bits per heavy atom. The standard InChI is InChI=1S/C27H47ClNO5P/c1-2-3-4-5-6-7-8-9-10-11-12-13-14-15-16-17-27(30)29-26(23-34-35(31,32)33)22-24-18-20-25(28)21-19-24/h9-10,18-21,26,31-33,35H,2-8,11-17,22-23H2,1H3,(H,29,30)/b10-9-/t26-/m1/s1. The van der Waals surface area contributed by atoms with Gasteiger partial charge < -0.3 is 0 Å². The van der Waals surface area contributed by atoms with Crippen molar-refractivity contribution in [2.45, 2.75) is 109 Å². The molecule has 0 heterocycles. The van der Waals surface area contributed by atoms with Gasteiger partial charge in [0, 0.05) is 0 Å². The van der Waals surface area contributed by atoms with Gasteiger partial charge in [0.2, 0.25) is 0 Å². The summed E-state index contributed by atoms with van der Waals surface area (Å²) < 4.78 is 4.78. The number of amides is 1. The molecule has 0 bridgehead atoms. The molecule has 202 valence electrons. The zero-order chi connectivity index (χ0) is 25.8. The first-order valence-electron chi connectivity index (χ1n) is 13.3. The van der Waals surface area contributed by atoms with E-state index in [4.69, 9.17) is 30.8 Å². The summed E-state index contributed by atoms with van der Waals surface area (Å²) in [5.74, 6) is -0.105. The zero-order valence-corrected chi connectivity index (χ0v) is 23.1. The molecule has 6 nitrogen and oxygen atoms in total. The summed E-state index contributed by atoms with van der Waals surface area (Å²) in [5.41, 5.74) is 0.922. The Morgan fingerprint density at radius 1 is 0.914 bits per heavy atom. The number of allylic oxidation sites excluding steroid dienone is 2.